The van der Waals surface area contributed by atoms with Gasteiger partial charge >= 0.3 is 6.09 Å². The van der Waals surface area contributed by atoms with Crippen molar-refractivity contribution in [2.45, 2.75) is 52.6 Å². The number of nitrogens with zero attached hydrogens (tertiary/aromatic N) is 1. The molecule has 0 atom stereocenters. The van der Waals surface area contributed by atoms with Crippen LogP contribution < -0.4 is 5.32 Å². The van der Waals surface area contributed by atoms with Crippen LogP contribution in [0.4, 0.5) is 10.5 Å². The lowest BCUT2D eigenvalue weighted by molar-refractivity contribution is 0.0338. The van der Waals surface area contributed by atoms with Crippen LogP contribution in [0.2, 0.25) is 0 Å². The van der Waals surface area contributed by atoms with E-state index in [1.165, 1.54) is 12.8 Å². The van der Waals surface area contributed by atoms with Gasteiger partial charge in [0.05, 0.1) is 5.70 Å². The van der Waals surface area contributed by atoms with Gasteiger partial charge in [-0.05, 0) is 58.4 Å². The molecule has 1 aliphatic heterocycles. The highest BCUT2D eigenvalue weighted by Gasteiger charge is 2.45. The summed E-state index contributed by atoms with van der Waals surface area (Å²) >= 11 is 0. The van der Waals surface area contributed by atoms with E-state index in [0.29, 0.717) is 5.41 Å². The van der Waals surface area contributed by atoms with E-state index < -0.39 is 5.60 Å². The molecule has 2 aliphatic rings. The summed E-state index contributed by atoms with van der Waals surface area (Å²) in [6.45, 7) is 9.39. The third-order valence-electron chi connectivity index (χ3n) is 4.64. The highest BCUT2D eigenvalue weighted by atomic mass is 16.6. The number of amides is 1. The van der Waals surface area contributed by atoms with Crippen molar-refractivity contribution in [3.05, 3.63) is 35.9 Å². The number of carbonyl (C=O) groups is 1. The Morgan fingerprint density at radius 3 is 2.58 bits per heavy atom. The van der Waals surface area contributed by atoms with Gasteiger partial charge in [0.25, 0.3) is 0 Å². The lowest BCUT2D eigenvalue weighted by Crippen LogP contribution is -2.39. The Kier molecular flexibility index (Phi) is 4.33. The minimum atomic E-state index is -0.488. The van der Waals surface area contributed by atoms with Crippen molar-refractivity contribution in [3.8, 4) is 0 Å². The van der Waals surface area contributed by atoms with Crippen molar-refractivity contribution in [3.63, 3.8) is 0 Å². The molecule has 24 heavy (non-hydrogen) atoms. The molecule has 0 saturated heterocycles. The number of anilines is 1. The number of benzene rings is 1. The summed E-state index contributed by atoms with van der Waals surface area (Å²) in [7, 11) is 0. The molecule has 0 bridgehead atoms. The summed E-state index contributed by atoms with van der Waals surface area (Å²) < 4.78 is 5.64. The number of hydrogen-bond acceptors (Lipinski definition) is 3. The van der Waals surface area contributed by atoms with Gasteiger partial charge in [0, 0.05) is 24.3 Å². The predicted molar refractivity (Wildman–Crippen MR) is 97.8 cm³/mol. The highest BCUT2D eigenvalue weighted by Crippen LogP contribution is 2.54. The standard InChI is InChI=1S/C20H28N2O2/c1-5-21-16-9-7-6-8-15(16)17-14-20(10-11-20)12-13-22(17)18(23)24-19(2,3)4/h6-9,14,21H,5,10-13H2,1-4H3. The van der Waals surface area contributed by atoms with E-state index in [4.69, 9.17) is 4.74 Å². The third-order valence-corrected chi connectivity index (χ3v) is 4.64. The zero-order valence-electron chi connectivity index (χ0n) is 15.2. The number of allylic oxidation sites excluding steroid dienone is 1. The summed E-state index contributed by atoms with van der Waals surface area (Å²) in [4.78, 5) is 14.6. The summed E-state index contributed by atoms with van der Waals surface area (Å²) in [5, 5.41) is 3.41. The monoisotopic (exact) mass is 328 g/mol. The first-order valence-electron chi connectivity index (χ1n) is 8.90. The molecule has 1 aliphatic carbocycles. The van der Waals surface area contributed by atoms with Gasteiger partial charge in [0.1, 0.15) is 5.60 Å². The van der Waals surface area contributed by atoms with E-state index in [0.717, 1.165) is 36.5 Å². The van der Waals surface area contributed by atoms with Gasteiger partial charge in [0.15, 0.2) is 0 Å². The fraction of sp³-hybridized carbons (Fsp3) is 0.550. The fourth-order valence-corrected chi connectivity index (χ4v) is 3.23. The van der Waals surface area contributed by atoms with Crippen molar-refractivity contribution in [2.24, 2.45) is 5.41 Å². The zero-order valence-corrected chi connectivity index (χ0v) is 15.2. The molecule has 1 N–H and O–H groups in total. The van der Waals surface area contributed by atoms with Crippen LogP contribution in [0.5, 0.6) is 0 Å². The maximum atomic E-state index is 12.7. The second-order valence-corrected chi connectivity index (χ2v) is 7.85. The third kappa shape index (κ3) is 3.58. The Balaban J connectivity index is 1.97. The molecular formula is C20H28N2O2. The van der Waals surface area contributed by atoms with E-state index in [2.05, 4.69) is 30.4 Å². The van der Waals surface area contributed by atoms with Gasteiger partial charge in [-0.2, -0.15) is 0 Å². The number of para-hydroxylation sites is 1. The first-order chi connectivity index (χ1) is 11.3. The molecule has 0 unspecified atom stereocenters. The van der Waals surface area contributed by atoms with Crippen LogP contribution in [0.3, 0.4) is 0 Å². The molecule has 0 radical (unpaired) electrons. The van der Waals surface area contributed by atoms with E-state index in [-0.39, 0.29) is 6.09 Å². The Hall–Kier alpha value is -1.97. The van der Waals surface area contributed by atoms with Crippen LogP contribution in [-0.4, -0.2) is 29.7 Å². The fourth-order valence-electron chi connectivity index (χ4n) is 3.23. The number of nitrogens with one attached hydrogen (secondary N) is 1. The smallest absolute Gasteiger partial charge is 0.414 e. The van der Waals surface area contributed by atoms with E-state index in [9.17, 15) is 4.79 Å². The molecular weight excluding hydrogens is 300 g/mol. The van der Waals surface area contributed by atoms with Crippen LogP contribution in [0.15, 0.2) is 30.3 Å². The van der Waals surface area contributed by atoms with Crippen LogP contribution in [0, 0.1) is 5.41 Å². The molecule has 4 nitrogen and oxygen atoms in total. The average molecular weight is 328 g/mol. The van der Waals surface area contributed by atoms with Crippen LogP contribution in [0.1, 0.15) is 52.5 Å². The van der Waals surface area contributed by atoms with Crippen molar-refractivity contribution < 1.29 is 9.53 Å². The van der Waals surface area contributed by atoms with Crippen LogP contribution in [-0.2, 0) is 4.74 Å². The molecule has 1 aromatic rings. The van der Waals surface area contributed by atoms with Gasteiger partial charge in [-0.15, -0.1) is 0 Å². The average Bonchev–Trinajstić information content (AvgIpc) is 3.25. The van der Waals surface area contributed by atoms with Crippen molar-refractivity contribution in [1.29, 1.82) is 0 Å². The predicted octanol–water partition coefficient (Wildman–Crippen LogP) is 4.88. The van der Waals surface area contributed by atoms with Crippen molar-refractivity contribution in [1.82, 2.24) is 4.90 Å². The van der Waals surface area contributed by atoms with E-state index in [1.54, 1.807) is 0 Å². The Bertz CT molecular complexity index is 654. The molecule has 1 heterocycles. The first-order valence-corrected chi connectivity index (χ1v) is 8.90. The van der Waals surface area contributed by atoms with Gasteiger partial charge in [-0.1, -0.05) is 24.3 Å². The second kappa shape index (κ2) is 6.15. The normalized spacial score (nSPS) is 19.0. The molecule has 4 heteroatoms. The maximum absolute atomic E-state index is 12.7. The molecule has 1 spiro atoms. The summed E-state index contributed by atoms with van der Waals surface area (Å²) in [6, 6.07) is 8.21. The number of rotatable bonds is 3. The molecule has 1 saturated carbocycles. The number of hydrogen-bond donors (Lipinski definition) is 1. The quantitative estimate of drug-likeness (QED) is 0.860. The summed E-state index contributed by atoms with van der Waals surface area (Å²) in [6.07, 6.45) is 5.52. The first kappa shape index (κ1) is 16.9. The van der Waals surface area contributed by atoms with Crippen molar-refractivity contribution in [2.75, 3.05) is 18.4 Å². The Morgan fingerprint density at radius 1 is 1.25 bits per heavy atom. The SMILES string of the molecule is CCNc1ccccc1C1=CC2(CCN1C(=O)OC(C)(C)C)CC2. The molecule has 1 aromatic carbocycles. The highest BCUT2D eigenvalue weighted by molar-refractivity contribution is 5.87. The Labute approximate surface area is 144 Å². The molecule has 0 aromatic heterocycles. The van der Waals surface area contributed by atoms with Crippen LogP contribution in [0.25, 0.3) is 5.70 Å². The largest absolute Gasteiger partial charge is 0.443 e. The molecule has 3 rings (SSSR count). The summed E-state index contributed by atoms with van der Waals surface area (Å²) in [5.74, 6) is 0. The van der Waals surface area contributed by atoms with Crippen molar-refractivity contribution >= 4 is 17.5 Å². The van der Waals surface area contributed by atoms with Gasteiger partial charge < -0.3 is 10.1 Å². The van der Waals surface area contributed by atoms with Crippen LogP contribution >= 0.6 is 0 Å². The lowest BCUT2D eigenvalue weighted by atomic mass is 9.93. The minimum absolute atomic E-state index is 0.254. The second-order valence-electron chi connectivity index (χ2n) is 7.85. The number of carbonyl (C=O) groups excluding carboxylic acids is 1. The van der Waals surface area contributed by atoms with Gasteiger partial charge in [-0.3, -0.25) is 4.90 Å². The zero-order chi connectivity index (χ0) is 17.4. The Morgan fingerprint density at radius 2 is 1.96 bits per heavy atom. The molecule has 1 fully saturated rings. The number of ether oxygens (including phenoxy) is 1. The van der Waals surface area contributed by atoms with E-state index in [1.807, 2.05) is 37.8 Å². The van der Waals surface area contributed by atoms with E-state index >= 15 is 0 Å². The molecule has 130 valence electrons. The molecule has 1 amide bonds. The van der Waals surface area contributed by atoms with Gasteiger partial charge in [0.2, 0.25) is 0 Å². The topological polar surface area (TPSA) is 41.6 Å². The minimum Gasteiger partial charge on any atom is -0.443 e. The summed E-state index contributed by atoms with van der Waals surface area (Å²) in [5.41, 5.74) is 2.95. The van der Waals surface area contributed by atoms with Gasteiger partial charge in [-0.25, -0.2) is 4.79 Å². The maximum Gasteiger partial charge on any atom is 0.414 e. The lowest BCUT2D eigenvalue weighted by Gasteiger charge is -2.34.